The fraction of sp³-hybridized carbons (Fsp3) is 0.190. The van der Waals surface area contributed by atoms with Gasteiger partial charge < -0.3 is 5.32 Å². The lowest BCUT2D eigenvalue weighted by Gasteiger charge is -2.18. The molecule has 0 radical (unpaired) electrons. The zero-order chi connectivity index (χ0) is 19.4. The molecule has 2 N–H and O–H groups in total. The van der Waals surface area contributed by atoms with Crippen molar-refractivity contribution in [3.05, 3.63) is 86.3 Å². The maximum absolute atomic E-state index is 13.3. The molecule has 1 aromatic heterocycles. The molecular weight excluding hydrogens is 383 g/mol. The predicted molar refractivity (Wildman–Crippen MR) is 110 cm³/mol. The van der Waals surface area contributed by atoms with Gasteiger partial charge in [0.2, 0.25) is 5.91 Å². The number of halogens is 2. The van der Waals surface area contributed by atoms with E-state index >= 15 is 0 Å². The number of benzene rings is 2. The van der Waals surface area contributed by atoms with E-state index in [1.807, 2.05) is 43.5 Å². The second kappa shape index (κ2) is 8.65. The maximum atomic E-state index is 13.3. The van der Waals surface area contributed by atoms with Gasteiger partial charge in [0.15, 0.2) is 0 Å². The van der Waals surface area contributed by atoms with Crippen molar-refractivity contribution >= 4 is 34.5 Å². The number of aryl methyl sites for hydroxylation is 2. The highest BCUT2D eigenvalue weighted by atomic mass is 35.5. The second-order valence-electron chi connectivity index (χ2n) is 6.37. The van der Waals surface area contributed by atoms with E-state index in [0.29, 0.717) is 10.7 Å². The standard InChI is InChI=1S/C21H20ClFN2OS/c1-13-10-14(2)20(17(22)11-13)25-19(26)12-24-21(18-4-3-9-27-18)15-5-7-16(23)8-6-15/h3-11,21,24H,12H2,1-2H3,(H,25,26). The number of carbonyl (C=O) groups excluding carboxylic acids is 1. The van der Waals surface area contributed by atoms with Crippen LogP contribution in [-0.2, 0) is 4.79 Å². The molecule has 140 valence electrons. The Balaban J connectivity index is 1.72. The van der Waals surface area contributed by atoms with Crippen molar-refractivity contribution in [3.8, 4) is 0 Å². The van der Waals surface area contributed by atoms with E-state index in [2.05, 4.69) is 10.6 Å². The Morgan fingerprint density at radius 2 is 1.93 bits per heavy atom. The highest BCUT2D eigenvalue weighted by Gasteiger charge is 2.17. The minimum Gasteiger partial charge on any atom is -0.323 e. The first-order chi connectivity index (χ1) is 12.9. The molecule has 3 nitrogen and oxygen atoms in total. The van der Waals surface area contributed by atoms with E-state index in [1.54, 1.807) is 23.5 Å². The summed E-state index contributed by atoms with van der Waals surface area (Å²) in [6.45, 7) is 3.97. The topological polar surface area (TPSA) is 41.1 Å². The summed E-state index contributed by atoms with van der Waals surface area (Å²) in [6.07, 6.45) is 0. The molecule has 3 aromatic rings. The largest absolute Gasteiger partial charge is 0.323 e. The van der Waals surface area contributed by atoms with Gasteiger partial charge in [-0.25, -0.2) is 4.39 Å². The average molecular weight is 403 g/mol. The van der Waals surface area contributed by atoms with Crippen LogP contribution in [-0.4, -0.2) is 12.5 Å². The molecule has 1 atom stereocenters. The van der Waals surface area contributed by atoms with Gasteiger partial charge in [-0.05, 0) is 60.2 Å². The van der Waals surface area contributed by atoms with Crippen LogP contribution in [0, 0.1) is 19.7 Å². The van der Waals surface area contributed by atoms with Crippen LogP contribution in [0.2, 0.25) is 5.02 Å². The van der Waals surface area contributed by atoms with Crippen LogP contribution in [0.3, 0.4) is 0 Å². The van der Waals surface area contributed by atoms with E-state index in [4.69, 9.17) is 11.6 Å². The molecule has 0 aliphatic rings. The van der Waals surface area contributed by atoms with Gasteiger partial charge in [0.25, 0.3) is 0 Å². The van der Waals surface area contributed by atoms with E-state index in [1.165, 1.54) is 12.1 Å². The lowest BCUT2D eigenvalue weighted by molar-refractivity contribution is -0.115. The molecule has 0 aliphatic heterocycles. The van der Waals surface area contributed by atoms with Gasteiger partial charge in [-0.2, -0.15) is 0 Å². The van der Waals surface area contributed by atoms with Crippen molar-refractivity contribution in [2.75, 3.05) is 11.9 Å². The lowest BCUT2D eigenvalue weighted by Crippen LogP contribution is -2.31. The Hall–Kier alpha value is -2.21. The average Bonchev–Trinajstić information content (AvgIpc) is 3.14. The summed E-state index contributed by atoms with van der Waals surface area (Å²) >= 11 is 7.85. The van der Waals surface area contributed by atoms with Gasteiger partial charge in [-0.3, -0.25) is 10.1 Å². The summed E-state index contributed by atoms with van der Waals surface area (Å²) in [4.78, 5) is 13.5. The molecule has 3 rings (SSSR count). The first kappa shape index (κ1) is 19.5. The summed E-state index contributed by atoms with van der Waals surface area (Å²) in [5, 5.41) is 8.64. The van der Waals surface area contributed by atoms with Crippen LogP contribution < -0.4 is 10.6 Å². The van der Waals surface area contributed by atoms with Crippen LogP contribution in [0.1, 0.15) is 27.6 Å². The third-order valence-electron chi connectivity index (χ3n) is 4.19. The normalized spacial score (nSPS) is 12.0. The number of hydrogen-bond donors (Lipinski definition) is 2. The van der Waals surface area contributed by atoms with E-state index in [0.717, 1.165) is 21.6 Å². The number of anilines is 1. The quantitative estimate of drug-likeness (QED) is 0.573. The van der Waals surface area contributed by atoms with Gasteiger partial charge in [-0.15, -0.1) is 11.3 Å². The zero-order valence-corrected chi connectivity index (χ0v) is 16.6. The van der Waals surface area contributed by atoms with E-state index < -0.39 is 0 Å². The Morgan fingerprint density at radius 3 is 2.56 bits per heavy atom. The molecule has 0 aliphatic carbocycles. The van der Waals surface area contributed by atoms with Gasteiger partial charge >= 0.3 is 0 Å². The summed E-state index contributed by atoms with van der Waals surface area (Å²) in [5.41, 5.74) is 3.49. The number of thiophene rings is 1. The lowest BCUT2D eigenvalue weighted by atomic mass is 10.1. The Kier molecular flexibility index (Phi) is 6.26. The van der Waals surface area contributed by atoms with Crippen molar-refractivity contribution < 1.29 is 9.18 Å². The summed E-state index contributed by atoms with van der Waals surface area (Å²) in [7, 11) is 0. The van der Waals surface area contributed by atoms with Crippen LogP contribution in [0.5, 0.6) is 0 Å². The number of carbonyl (C=O) groups is 1. The molecular formula is C21H20ClFN2OS. The van der Waals surface area contributed by atoms with Gasteiger partial charge in [0, 0.05) is 4.88 Å². The molecule has 6 heteroatoms. The first-order valence-electron chi connectivity index (χ1n) is 8.53. The van der Waals surface area contributed by atoms with Crippen LogP contribution >= 0.6 is 22.9 Å². The fourth-order valence-electron chi connectivity index (χ4n) is 2.95. The van der Waals surface area contributed by atoms with E-state index in [9.17, 15) is 9.18 Å². The molecule has 0 saturated carbocycles. The molecule has 0 spiro atoms. The Labute approximate surface area is 167 Å². The maximum Gasteiger partial charge on any atom is 0.238 e. The van der Waals surface area contributed by atoms with Crippen molar-refractivity contribution in [1.29, 1.82) is 0 Å². The molecule has 0 saturated heterocycles. The molecule has 0 fully saturated rings. The van der Waals surface area contributed by atoms with Gasteiger partial charge in [0.05, 0.1) is 23.3 Å². The first-order valence-corrected chi connectivity index (χ1v) is 9.78. The Bertz CT molecular complexity index is 903. The minimum absolute atomic E-state index is 0.101. The zero-order valence-electron chi connectivity index (χ0n) is 15.1. The summed E-state index contributed by atoms with van der Waals surface area (Å²) in [6, 6.07) is 13.9. The van der Waals surface area contributed by atoms with Crippen molar-refractivity contribution in [2.45, 2.75) is 19.9 Å². The van der Waals surface area contributed by atoms with Gasteiger partial charge in [0.1, 0.15) is 5.82 Å². The van der Waals surface area contributed by atoms with Crippen molar-refractivity contribution in [1.82, 2.24) is 5.32 Å². The Morgan fingerprint density at radius 1 is 1.19 bits per heavy atom. The monoisotopic (exact) mass is 402 g/mol. The predicted octanol–water partition coefficient (Wildman–Crippen LogP) is 5.48. The molecule has 1 amide bonds. The van der Waals surface area contributed by atoms with Crippen molar-refractivity contribution in [2.24, 2.45) is 0 Å². The van der Waals surface area contributed by atoms with Crippen LogP contribution in [0.25, 0.3) is 0 Å². The van der Waals surface area contributed by atoms with Gasteiger partial charge in [-0.1, -0.05) is 35.9 Å². The van der Waals surface area contributed by atoms with E-state index in [-0.39, 0.29) is 24.3 Å². The molecule has 1 heterocycles. The summed E-state index contributed by atoms with van der Waals surface area (Å²) in [5.74, 6) is -0.474. The SMILES string of the molecule is Cc1cc(C)c(NC(=O)CNC(c2ccc(F)cc2)c2cccs2)c(Cl)c1. The van der Waals surface area contributed by atoms with Crippen LogP contribution in [0.4, 0.5) is 10.1 Å². The molecule has 0 bridgehead atoms. The third-order valence-corrected chi connectivity index (χ3v) is 5.43. The molecule has 2 aromatic carbocycles. The molecule has 27 heavy (non-hydrogen) atoms. The smallest absolute Gasteiger partial charge is 0.238 e. The number of rotatable bonds is 6. The molecule has 1 unspecified atom stereocenters. The highest BCUT2D eigenvalue weighted by molar-refractivity contribution is 7.10. The third kappa shape index (κ3) is 4.95. The number of hydrogen-bond acceptors (Lipinski definition) is 3. The highest BCUT2D eigenvalue weighted by Crippen LogP contribution is 2.28. The second-order valence-corrected chi connectivity index (χ2v) is 7.75. The van der Waals surface area contributed by atoms with Crippen LogP contribution in [0.15, 0.2) is 53.9 Å². The number of nitrogens with one attached hydrogen (secondary N) is 2. The fourth-order valence-corrected chi connectivity index (χ4v) is 4.14. The number of amides is 1. The summed E-state index contributed by atoms with van der Waals surface area (Å²) < 4.78 is 13.3. The minimum atomic E-state index is -0.286. The van der Waals surface area contributed by atoms with Crippen molar-refractivity contribution in [3.63, 3.8) is 0 Å².